The van der Waals surface area contributed by atoms with Crippen LogP contribution in [-0.2, 0) is 6.42 Å². The Morgan fingerprint density at radius 3 is 2.55 bits per heavy atom. The quantitative estimate of drug-likeness (QED) is 0.853. The number of aromatic nitrogens is 1. The highest BCUT2D eigenvalue weighted by atomic mass is 35.5. The number of carboxylic acid groups (broad SMARTS) is 1. The molecule has 3 nitrogen and oxygen atoms in total. The zero-order valence-electron chi connectivity index (χ0n) is 11.4. The first-order valence-corrected chi connectivity index (χ1v) is 7.68. The summed E-state index contributed by atoms with van der Waals surface area (Å²) in [6.45, 7) is 5.78. The molecule has 1 heterocycles. The highest BCUT2D eigenvalue weighted by Crippen LogP contribution is 2.26. The molecule has 0 saturated heterocycles. The largest absolute Gasteiger partial charge is 0.477 e. The Bertz CT molecular complexity index is 611. The van der Waals surface area contributed by atoms with Gasteiger partial charge >= 0.3 is 5.97 Å². The van der Waals surface area contributed by atoms with Crippen molar-refractivity contribution in [1.82, 2.24) is 4.98 Å². The Balaban J connectivity index is 0.000000956. The molecule has 0 aliphatic carbocycles. The van der Waals surface area contributed by atoms with E-state index in [-0.39, 0.29) is 4.88 Å². The van der Waals surface area contributed by atoms with Crippen LogP contribution in [0, 0.1) is 6.92 Å². The van der Waals surface area contributed by atoms with E-state index in [0.29, 0.717) is 22.2 Å². The maximum absolute atomic E-state index is 11.1. The third-order valence-electron chi connectivity index (χ3n) is 2.37. The molecule has 20 heavy (non-hydrogen) atoms. The zero-order valence-corrected chi connectivity index (χ0v) is 13.7. The van der Waals surface area contributed by atoms with Crippen LogP contribution >= 0.6 is 34.5 Å². The molecular formula is C14H15Cl2NO2S. The van der Waals surface area contributed by atoms with Gasteiger partial charge in [0.25, 0.3) is 0 Å². The summed E-state index contributed by atoms with van der Waals surface area (Å²) < 4.78 is 0. The first kappa shape index (κ1) is 17.0. The second-order valence-electron chi connectivity index (χ2n) is 3.73. The molecule has 0 saturated carbocycles. The summed E-state index contributed by atoms with van der Waals surface area (Å²) in [5.41, 5.74) is 1.35. The Hall–Kier alpha value is -1.10. The molecule has 0 amide bonds. The Morgan fingerprint density at radius 1 is 1.35 bits per heavy atom. The van der Waals surface area contributed by atoms with E-state index >= 15 is 0 Å². The molecule has 1 aromatic heterocycles. The zero-order chi connectivity index (χ0) is 15.3. The predicted octanol–water partition coefficient (Wildman–Crippen LogP) is 5.07. The lowest BCUT2D eigenvalue weighted by atomic mass is 10.1. The summed E-state index contributed by atoms with van der Waals surface area (Å²) in [7, 11) is 0. The van der Waals surface area contributed by atoms with Gasteiger partial charge in [0, 0.05) is 16.5 Å². The fourth-order valence-electron chi connectivity index (χ4n) is 1.60. The molecule has 1 aromatic carbocycles. The lowest BCUT2D eigenvalue weighted by Gasteiger charge is -2.03. The molecular weight excluding hydrogens is 317 g/mol. The molecule has 0 aliphatic rings. The maximum Gasteiger partial charge on any atom is 0.347 e. The number of carboxylic acids is 1. The molecule has 0 unspecified atom stereocenters. The van der Waals surface area contributed by atoms with Crippen LogP contribution in [0.15, 0.2) is 18.2 Å². The molecule has 2 aromatic rings. The van der Waals surface area contributed by atoms with Crippen molar-refractivity contribution in [3.8, 4) is 0 Å². The SMILES string of the molecule is CC.Cc1nc(Cc2ccc(Cl)cc2Cl)c(C(=O)O)s1. The highest BCUT2D eigenvalue weighted by Gasteiger charge is 2.16. The van der Waals surface area contributed by atoms with Crippen LogP contribution < -0.4 is 0 Å². The smallest absolute Gasteiger partial charge is 0.347 e. The Kier molecular flexibility index (Phi) is 6.46. The van der Waals surface area contributed by atoms with Crippen LogP contribution in [0.4, 0.5) is 0 Å². The lowest BCUT2D eigenvalue weighted by Crippen LogP contribution is -2.00. The van der Waals surface area contributed by atoms with E-state index in [1.165, 1.54) is 11.3 Å². The third kappa shape index (κ3) is 4.20. The minimum absolute atomic E-state index is 0.263. The summed E-state index contributed by atoms with van der Waals surface area (Å²) in [6, 6.07) is 5.14. The number of nitrogens with zero attached hydrogens (tertiary/aromatic N) is 1. The first-order valence-electron chi connectivity index (χ1n) is 6.11. The van der Waals surface area contributed by atoms with Gasteiger partial charge in [0.2, 0.25) is 0 Å². The summed E-state index contributed by atoms with van der Waals surface area (Å²) in [4.78, 5) is 15.6. The number of aromatic carboxylic acids is 1. The number of thiazole rings is 1. The van der Waals surface area contributed by atoms with E-state index in [1.807, 2.05) is 13.8 Å². The van der Waals surface area contributed by atoms with Crippen molar-refractivity contribution in [2.75, 3.05) is 0 Å². The predicted molar refractivity (Wildman–Crippen MR) is 84.4 cm³/mol. The van der Waals surface area contributed by atoms with Crippen molar-refractivity contribution < 1.29 is 9.90 Å². The van der Waals surface area contributed by atoms with Crippen LogP contribution in [0.5, 0.6) is 0 Å². The average molecular weight is 332 g/mol. The van der Waals surface area contributed by atoms with E-state index in [4.69, 9.17) is 28.3 Å². The first-order chi connectivity index (χ1) is 9.47. The number of hydrogen-bond acceptors (Lipinski definition) is 3. The fraction of sp³-hybridized carbons (Fsp3) is 0.286. The van der Waals surface area contributed by atoms with Gasteiger partial charge in [0.05, 0.1) is 10.7 Å². The van der Waals surface area contributed by atoms with Gasteiger partial charge in [0.15, 0.2) is 0 Å². The van der Waals surface area contributed by atoms with Gasteiger partial charge in [-0.25, -0.2) is 9.78 Å². The summed E-state index contributed by atoms with van der Waals surface area (Å²) in [5, 5.41) is 10.9. The molecule has 0 bridgehead atoms. The summed E-state index contributed by atoms with van der Waals surface area (Å²) in [6.07, 6.45) is 0.391. The Morgan fingerprint density at radius 2 is 2.00 bits per heavy atom. The van der Waals surface area contributed by atoms with E-state index in [1.54, 1.807) is 25.1 Å². The fourth-order valence-corrected chi connectivity index (χ4v) is 2.85. The van der Waals surface area contributed by atoms with Gasteiger partial charge < -0.3 is 5.11 Å². The van der Waals surface area contributed by atoms with Crippen LogP contribution in [0.25, 0.3) is 0 Å². The topological polar surface area (TPSA) is 50.2 Å². The minimum Gasteiger partial charge on any atom is -0.477 e. The molecule has 0 fully saturated rings. The van der Waals surface area contributed by atoms with Crippen molar-refractivity contribution in [2.45, 2.75) is 27.2 Å². The van der Waals surface area contributed by atoms with Crippen molar-refractivity contribution in [2.24, 2.45) is 0 Å². The molecule has 0 aliphatic heterocycles. The van der Waals surface area contributed by atoms with Crippen LogP contribution in [0.2, 0.25) is 10.0 Å². The average Bonchev–Trinajstić information content (AvgIpc) is 2.76. The van der Waals surface area contributed by atoms with Gasteiger partial charge in [-0.1, -0.05) is 43.1 Å². The number of halogens is 2. The number of hydrogen-bond donors (Lipinski definition) is 1. The van der Waals surface area contributed by atoms with Crippen LogP contribution in [-0.4, -0.2) is 16.1 Å². The van der Waals surface area contributed by atoms with Crippen molar-refractivity contribution in [3.05, 3.63) is 49.4 Å². The van der Waals surface area contributed by atoms with Crippen LogP contribution in [0.3, 0.4) is 0 Å². The normalized spacial score (nSPS) is 9.85. The monoisotopic (exact) mass is 331 g/mol. The van der Waals surface area contributed by atoms with Gasteiger partial charge in [0.1, 0.15) is 4.88 Å². The second kappa shape index (κ2) is 7.62. The van der Waals surface area contributed by atoms with E-state index in [9.17, 15) is 4.79 Å². The van der Waals surface area contributed by atoms with Gasteiger partial charge in [-0.3, -0.25) is 0 Å². The highest BCUT2D eigenvalue weighted by molar-refractivity contribution is 7.13. The third-order valence-corrected chi connectivity index (χ3v) is 3.96. The molecule has 1 N–H and O–H groups in total. The lowest BCUT2D eigenvalue weighted by molar-refractivity contribution is 0.0701. The molecule has 0 radical (unpaired) electrons. The van der Waals surface area contributed by atoms with Crippen molar-refractivity contribution in [3.63, 3.8) is 0 Å². The van der Waals surface area contributed by atoms with E-state index in [2.05, 4.69) is 4.98 Å². The minimum atomic E-state index is -0.958. The van der Waals surface area contributed by atoms with E-state index < -0.39 is 5.97 Å². The standard InChI is InChI=1S/C12H9Cl2NO2S.C2H6/c1-6-15-10(11(18-6)12(16)17)4-7-2-3-8(13)5-9(7)14;1-2/h2-3,5H,4H2,1H3,(H,16,17);1-2H3. The van der Waals surface area contributed by atoms with Gasteiger partial charge in [-0.15, -0.1) is 11.3 Å². The molecule has 2 rings (SSSR count). The van der Waals surface area contributed by atoms with Crippen molar-refractivity contribution in [1.29, 1.82) is 0 Å². The van der Waals surface area contributed by atoms with Gasteiger partial charge in [-0.05, 0) is 24.6 Å². The second-order valence-corrected chi connectivity index (χ2v) is 5.77. The molecule has 0 spiro atoms. The number of carbonyl (C=O) groups is 1. The number of aryl methyl sites for hydroxylation is 1. The molecule has 0 atom stereocenters. The maximum atomic E-state index is 11.1. The Labute approximate surface area is 132 Å². The summed E-state index contributed by atoms with van der Waals surface area (Å²) in [5.74, 6) is -0.958. The summed E-state index contributed by atoms with van der Waals surface area (Å²) >= 11 is 13.0. The molecule has 108 valence electrons. The number of rotatable bonds is 3. The van der Waals surface area contributed by atoms with Crippen molar-refractivity contribution >= 4 is 40.5 Å². The van der Waals surface area contributed by atoms with E-state index in [0.717, 1.165) is 10.6 Å². The molecule has 6 heteroatoms. The van der Waals surface area contributed by atoms with Gasteiger partial charge in [-0.2, -0.15) is 0 Å². The number of benzene rings is 1. The van der Waals surface area contributed by atoms with Crippen LogP contribution in [0.1, 0.15) is 39.8 Å².